The van der Waals surface area contributed by atoms with E-state index in [4.69, 9.17) is 5.73 Å². The number of nitrogens with zero attached hydrogens (tertiary/aromatic N) is 2. The van der Waals surface area contributed by atoms with Gasteiger partial charge in [0, 0.05) is 11.1 Å². The van der Waals surface area contributed by atoms with Crippen LogP contribution in [0.5, 0.6) is 5.75 Å². The molecule has 0 radical (unpaired) electrons. The van der Waals surface area contributed by atoms with Crippen LogP contribution in [0.4, 0.5) is 27.1 Å². The Morgan fingerprint density at radius 2 is 1.63 bits per heavy atom. The molecule has 0 aliphatic rings. The van der Waals surface area contributed by atoms with Crippen LogP contribution in [0.3, 0.4) is 0 Å². The van der Waals surface area contributed by atoms with Gasteiger partial charge in [0.1, 0.15) is 11.5 Å². The highest BCUT2D eigenvalue weighted by atomic mass is 19.1. The van der Waals surface area contributed by atoms with Crippen molar-refractivity contribution in [3.05, 3.63) is 90.2 Å². The maximum Gasteiger partial charge on any atom is 0.259 e. The second-order valence-corrected chi connectivity index (χ2v) is 6.57. The first-order chi connectivity index (χ1) is 14.5. The summed E-state index contributed by atoms with van der Waals surface area (Å²) < 4.78 is 13.9. The number of aromatic hydroxyl groups is 1. The van der Waals surface area contributed by atoms with Gasteiger partial charge in [-0.05, 0) is 47.9 Å². The lowest BCUT2D eigenvalue weighted by molar-refractivity contribution is 0.102. The molecule has 0 spiro atoms. The molecule has 1 amide bonds. The number of azo groups is 1. The molecule has 7 heteroatoms. The first kappa shape index (κ1) is 19.1. The molecule has 0 fully saturated rings. The van der Waals surface area contributed by atoms with E-state index in [1.165, 1.54) is 24.3 Å². The Bertz CT molecular complexity index is 1270. The molecule has 0 unspecified atom stereocenters. The van der Waals surface area contributed by atoms with Crippen molar-refractivity contribution in [3.63, 3.8) is 0 Å². The van der Waals surface area contributed by atoms with Crippen LogP contribution in [0.2, 0.25) is 0 Å². The summed E-state index contributed by atoms with van der Waals surface area (Å²) >= 11 is 0. The van der Waals surface area contributed by atoms with Gasteiger partial charge in [0.2, 0.25) is 0 Å². The van der Waals surface area contributed by atoms with Crippen molar-refractivity contribution in [2.24, 2.45) is 10.2 Å². The number of phenolic OH excluding ortho intramolecular Hbond substituents is 1. The normalized spacial score (nSPS) is 11.1. The van der Waals surface area contributed by atoms with Gasteiger partial charge in [-0.15, -0.1) is 5.11 Å². The summed E-state index contributed by atoms with van der Waals surface area (Å²) in [5.74, 6) is -1.58. The van der Waals surface area contributed by atoms with E-state index >= 15 is 0 Å². The molecule has 0 atom stereocenters. The van der Waals surface area contributed by atoms with Gasteiger partial charge in [-0.1, -0.05) is 36.4 Å². The average molecular weight is 400 g/mol. The lowest BCUT2D eigenvalue weighted by Gasteiger charge is -2.11. The van der Waals surface area contributed by atoms with Crippen LogP contribution in [0.1, 0.15) is 10.4 Å². The summed E-state index contributed by atoms with van der Waals surface area (Å²) in [6.45, 7) is 0. The fourth-order valence-corrected chi connectivity index (χ4v) is 2.99. The molecule has 0 heterocycles. The molecular formula is C23H17FN4O2. The van der Waals surface area contributed by atoms with Gasteiger partial charge in [0.15, 0.2) is 5.75 Å². The predicted octanol–water partition coefficient (Wildman–Crippen LogP) is 5.93. The zero-order valence-corrected chi connectivity index (χ0v) is 15.7. The molecule has 0 aliphatic heterocycles. The Morgan fingerprint density at radius 1 is 0.933 bits per heavy atom. The van der Waals surface area contributed by atoms with E-state index in [0.717, 1.165) is 0 Å². The van der Waals surface area contributed by atoms with E-state index in [1.807, 2.05) is 0 Å². The molecule has 30 heavy (non-hydrogen) atoms. The Labute approximate surface area is 171 Å². The number of nitrogens with one attached hydrogen (secondary N) is 1. The summed E-state index contributed by atoms with van der Waals surface area (Å²) in [5, 5.41) is 22.9. The first-order valence-corrected chi connectivity index (χ1v) is 9.11. The second-order valence-electron chi connectivity index (χ2n) is 6.57. The number of halogens is 1. The van der Waals surface area contributed by atoms with Gasteiger partial charge < -0.3 is 16.2 Å². The number of fused-ring (bicyclic) bond motifs is 1. The van der Waals surface area contributed by atoms with Crippen molar-refractivity contribution in [2.75, 3.05) is 11.1 Å². The number of amides is 1. The minimum Gasteiger partial charge on any atom is -0.505 e. The van der Waals surface area contributed by atoms with Crippen LogP contribution in [0, 0.1) is 5.82 Å². The quantitative estimate of drug-likeness (QED) is 0.292. The first-order valence-electron chi connectivity index (χ1n) is 9.11. The number of anilines is 2. The molecule has 148 valence electrons. The predicted molar refractivity (Wildman–Crippen MR) is 115 cm³/mol. The number of phenols is 1. The van der Waals surface area contributed by atoms with Crippen molar-refractivity contribution in [1.82, 2.24) is 0 Å². The SMILES string of the molecule is Nc1ccc(N=Nc2c(O)c(C(=O)Nc3ccccc3F)cc3ccccc23)cc1. The lowest BCUT2D eigenvalue weighted by Crippen LogP contribution is -2.13. The number of nitrogen functional groups attached to an aromatic ring is 1. The molecule has 4 aromatic carbocycles. The van der Waals surface area contributed by atoms with Gasteiger partial charge >= 0.3 is 0 Å². The van der Waals surface area contributed by atoms with E-state index in [0.29, 0.717) is 22.1 Å². The van der Waals surface area contributed by atoms with Gasteiger partial charge in [-0.2, -0.15) is 5.11 Å². The average Bonchev–Trinajstić information content (AvgIpc) is 2.75. The van der Waals surface area contributed by atoms with E-state index in [1.54, 1.807) is 54.6 Å². The van der Waals surface area contributed by atoms with E-state index < -0.39 is 11.7 Å². The second kappa shape index (κ2) is 8.00. The smallest absolute Gasteiger partial charge is 0.259 e. The minimum absolute atomic E-state index is 0.0140. The number of carbonyl (C=O) groups excluding carboxylic acids is 1. The summed E-state index contributed by atoms with van der Waals surface area (Å²) in [5.41, 5.74) is 6.92. The third-order valence-electron chi connectivity index (χ3n) is 4.52. The highest BCUT2D eigenvalue weighted by Gasteiger charge is 2.19. The van der Waals surface area contributed by atoms with Gasteiger partial charge in [0.05, 0.1) is 16.9 Å². The van der Waals surface area contributed by atoms with Crippen LogP contribution in [-0.4, -0.2) is 11.0 Å². The Morgan fingerprint density at radius 3 is 2.40 bits per heavy atom. The maximum atomic E-state index is 13.9. The molecule has 0 saturated carbocycles. The number of benzene rings is 4. The van der Waals surface area contributed by atoms with Crippen LogP contribution in [-0.2, 0) is 0 Å². The highest BCUT2D eigenvalue weighted by molar-refractivity contribution is 6.11. The lowest BCUT2D eigenvalue weighted by atomic mass is 10.0. The third-order valence-corrected chi connectivity index (χ3v) is 4.52. The summed E-state index contributed by atoms with van der Waals surface area (Å²) in [4.78, 5) is 12.8. The number of carbonyl (C=O) groups is 1. The van der Waals surface area contributed by atoms with E-state index in [9.17, 15) is 14.3 Å². The number of hydrogen-bond donors (Lipinski definition) is 3. The number of nitrogens with two attached hydrogens (primary N) is 1. The van der Waals surface area contributed by atoms with Crippen molar-refractivity contribution in [3.8, 4) is 5.75 Å². The van der Waals surface area contributed by atoms with Crippen LogP contribution in [0.15, 0.2) is 89.1 Å². The molecular weight excluding hydrogens is 383 g/mol. The maximum absolute atomic E-state index is 13.9. The van der Waals surface area contributed by atoms with E-state index in [-0.39, 0.29) is 22.7 Å². The largest absolute Gasteiger partial charge is 0.505 e. The van der Waals surface area contributed by atoms with Crippen molar-refractivity contribution in [1.29, 1.82) is 0 Å². The topological polar surface area (TPSA) is 100 Å². The molecule has 0 saturated heterocycles. The highest BCUT2D eigenvalue weighted by Crippen LogP contribution is 2.39. The van der Waals surface area contributed by atoms with Crippen molar-refractivity contribution in [2.45, 2.75) is 0 Å². The van der Waals surface area contributed by atoms with Crippen molar-refractivity contribution >= 4 is 39.4 Å². The van der Waals surface area contributed by atoms with Gasteiger partial charge in [-0.25, -0.2) is 4.39 Å². The molecule has 4 aromatic rings. The van der Waals surface area contributed by atoms with Gasteiger partial charge in [-0.3, -0.25) is 4.79 Å². The zero-order chi connectivity index (χ0) is 21.1. The molecule has 6 nitrogen and oxygen atoms in total. The number of para-hydroxylation sites is 1. The third kappa shape index (κ3) is 3.81. The minimum atomic E-state index is -0.660. The fraction of sp³-hybridized carbons (Fsp3) is 0. The fourth-order valence-electron chi connectivity index (χ4n) is 2.99. The van der Waals surface area contributed by atoms with Crippen LogP contribution >= 0.6 is 0 Å². The molecule has 4 rings (SSSR count). The van der Waals surface area contributed by atoms with Crippen molar-refractivity contribution < 1.29 is 14.3 Å². The van der Waals surface area contributed by atoms with Crippen LogP contribution < -0.4 is 11.1 Å². The molecule has 4 N–H and O–H groups in total. The van der Waals surface area contributed by atoms with E-state index in [2.05, 4.69) is 15.5 Å². The zero-order valence-electron chi connectivity index (χ0n) is 15.7. The van der Waals surface area contributed by atoms with Gasteiger partial charge in [0.25, 0.3) is 5.91 Å². The molecule has 0 aliphatic carbocycles. The summed E-state index contributed by atoms with van der Waals surface area (Å²) in [6.07, 6.45) is 0. The Balaban J connectivity index is 1.78. The number of rotatable bonds is 4. The monoisotopic (exact) mass is 400 g/mol. The van der Waals surface area contributed by atoms with Crippen LogP contribution in [0.25, 0.3) is 10.8 Å². The molecule has 0 bridgehead atoms. The standard InChI is InChI=1S/C23H17FN4O2/c24-19-7-3-4-8-20(19)26-23(30)18-13-14-5-1-2-6-17(14)21(22(18)29)28-27-16-11-9-15(25)10-12-16/h1-13,29H,25H2,(H,26,30). The Hall–Kier alpha value is -4.26. The summed E-state index contributed by atoms with van der Waals surface area (Å²) in [6, 6.07) is 21.2. The molecule has 0 aromatic heterocycles. The number of hydrogen-bond acceptors (Lipinski definition) is 5. The summed E-state index contributed by atoms with van der Waals surface area (Å²) in [7, 11) is 0. The Kier molecular flexibility index (Phi) is 5.09.